The molecule has 0 aromatic carbocycles. The first kappa shape index (κ1) is 12.0. The standard InChI is InChI=1S/C10H17NO4/c1-8-11(6-3-7-15-8)9(12)4-5-10(13)14-2/h8H,3-7H2,1-2H3. The smallest absolute Gasteiger partial charge is 0.306 e. The zero-order chi connectivity index (χ0) is 11.3. The molecule has 1 heterocycles. The van der Waals surface area contributed by atoms with Crippen LogP contribution in [0.25, 0.3) is 0 Å². The minimum Gasteiger partial charge on any atom is -0.469 e. The van der Waals surface area contributed by atoms with Crippen molar-refractivity contribution in [2.24, 2.45) is 0 Å². The lowest BCUT2D eigenvalue weighted by atomic mass is 10.2. The van der Waals surface area contributed by atoms with Crippen LogP contribution in [0.4, 0.5) is 0 Å². The van der Waals surface area contributed by atoms with E-state index in [1.165, 1.54) is 7.11 Å². The Morgan fingerprint density at radius 3 is 2.80 bits per heavy atom. The minimum atomic E-state index is -0.353. The summed E-state index contributed by atoms with van der Waals surface area (Å²) in [4.78, 5) is 24.2. The van der Waals surface area contributed by atoms with Gasteiger partial charge in [0.15, 0.2) is 0 Å². The molecule has 1 atom stereocenters. The molecule has 0 saturated carbocycles. The van der Waals surface area contributed by atoms with E-state index < -0.39 is 0 Å². The van der Waals surface area contributed by atoms with Crippen LogP contribution in [0.5, 0.6) is 0 Å². The van der Waals surface area contributed by atoms with Gasteiger partial charge in [-0.15, -0.1) is 0 Å². The maximum Gasteiger partial charge on any atom is 0.306 e. The molecule has 0 N–H and O–H groups in total. The Morgan fingerprint density at radius 2 is 2.20 bits per heavy atom. The average Bonchev–Trinajstić information content (AvgIpc) is 2.26. The largest absolute Gasteiger partial charge is 0.469 e. The maximum atomic E-state index is 11.7. The molecule has 5 nitrogen and oxygen atoms in total. The van der Waals surface area contributed by atoms with E-state index in [0.29, 0.717) is 13.2 Å². The van der Waals surface area contributed by atoms with E-state index in [-0.39, 0.29) is 30.9 Å². The van der Waals surface area contributed by atoms with Crippen LogP contribution in [0.2, 0.25) is 0 Å². The molecular weight excluding hydrogens is 198 g/mol. The summed E-state index contributed by atoms with van der Waals surface area (Å²) in [5.74, 6) is -0.401. The van der Waals surface area contributed by atoms with Gasteiger partial charge in [0.2, 0.25) is 5.91 Å². The van der Waals surface area contributed by atoms with Crippen LogP contribution in [-0.4, -0.2) is 43.3 Å². The fourth-order valence-corrected chi connectivity index (χ4v) is 1.54. The van der Waals surface area contributed by atoms with Gasteiger partial charge in [-0.1, -0.05) is 0 Å². The Balaban J connectivity index is 2.35. The summed E-state index contributed by atoms with van der Waals surface area (Å²) in [6, 6.07) is 0. The molecule has 1 aliphatic rings. The highest BCUT2D eigenvalue weighted by Gasteiger charge is 2.23. The molecular formula is C10H17NO4. The molecule has 1 aliphatic heterocycles. The highest BCUT2D eigenvalue weighted by atomic mass is 16.5. The highest BCUT2D eigenvalue weighted by Crippen LogP contribution is 2.11. The predicted octanol–water partition coefficient (Wildman–Crippen LogP) is 0.534. The van der Waals surface area contributed by atoms with Gasteiger partial charge >= 0.3 is 5.97 Å². The monoisotopic (exact) mass is 215 g/mol. The van der Waals surface area contributed by atoms with Gasteiger partial charge in [0, 0.05) is 13.0 Å². The van der Waals surface area contributed by atoms with Crippen molar-refractivity contribution in [3.05, 3.63) is 0 Å². The van der Waals surface area contributed by atoms with Gasteiger partial charge in [0.25, 0.3) is 0 Å². The normalized spacial score (nSPS) is 21.2. The number of methoxy groups -OCH3 is 1. The van der Waals surface area contributed by atoms with Crippen molar-refractivity contribution in [2.75, 3.05) is 20.3 Å². The Hall–Kier alpha value is -1.10. The fourth-order valence-electron chi connectivity index (χ4n) is 1.54. The molecule has 5 heteroatoms. The fraction of sp³-hybridized carbons (Fsp3) is 0.800. The van der Waals surface area contributed by atoms with E-state index in [0.717, 1.165) is 6.42 Å². The van der Waals surface area contributed by atoms with Crippen molar-refractivity contribution in [3.63, 3.8) is 0 Å². The van der Waals surface area contributed by atoms with Gasteiger partial charge in [0.1, 0.15) is 6.23 Å². The predicted molar refractivity (Wildman–Crippen MR) is 53.0 cm³/mol. The van der Waals surface area contributed by atoms with Gasteiger partial charge in [-0.2, -0.15) is 0 Å². The Bertz CT molecular complexity index is 242. The average molecular weight is 215 g/mol. The second kappa shape index (κ2) is 5.70. The summed E-state index contributed by atoms with van der Waals surface area (Å²) >= 11 is 0. The lowest BCUT2D eigenvalue weighted by molar-refractivity contribution is -0.154. The van der Waals surface area contributed by atoms with E-state index in [4.69, 9.17) is 4.74 Å². The molecule has 1 amide bonds. The van der Waals surface area contributed by atoms with E-state index in [1.807, 2.05) is 6.92 Å². The van der Waals surface area contributed by atoms with E-state index in [9.17, 15) is 9.59 Å². The Labute approximate surface area is 89.3 Å². The van der Waals surface area contributed by atoms with Crippen LogP contribution in [0.3, 0.4) is 0 Å². The molecule has 15 heavy (non-hydrogen) atoms. The number of hydrogen-bond acceptors (Lipinski definition) is 4. The minimum absolute atomic E-state index is 0.0485. The number of rotatable bonds is 3. The molecule has 1 saturated heterocycles. The first-order valence-electron chi connectivity index (χ1n) is 5.13. The number of carbonyl (C=O) groups excluding carboxylic acids is 2. The SMILES string of the molecule is COC(=O)CCC(=O)N1CCCOC1C. The zero-order valence-electron chi connectivity index (χ0n) is 9.19. The van der Waals surface area contributed by atoms with Crippen LogP contribution in [0.1, 0.15) is 26.2 Å². The van der Waals surface area contributed by atoms with Crippen molar-refractivity contribution < 1.29 is 19.1 Å². The summed E-state index contributed by atoms with van der Waals surface area (Å²) < 4.78 is 9.81. The van der Waals surface area contributed by atoms with E-state index in [2.05, 4.69) is 4.74 Å². The van der Waals surface area contributed by atoms with Gasteiger partial charge in [0.05, 0.1) is 20.1 Å². The summed E-state index contributed by atoms with van der Waals surface area (Å²) in [5.41, 5.74) is 0. The van der Waals surface area contributed by atoms with Crippen molar-refractivity contribution in [2.45, 2.75) is 32.4 Å². The third-order valence-corrected chi connectivity index (χ3v) is 2.43. The molecule has 1 fully saturated rings. The van der Waals surface area contributed by atoms with Crippen molar-refractivity contribution in [1.29, 1.82) is 0 Å². The summed E-state index contributed by atoms with van der Waals surface area (Å²) in [6.45, 7) is 3.25. The molecule has 0 aromatic heterocycles. The molecule has 0 radical (unpaired) electrons. The maximum absolute atomic E-state index is 11.7. The third-order valence-electron chi connectivity index (χ3n) is 2.43. The van der Waals surface area contributed by atoms with Gasteiger partial charge < -0.3 is 14.4 Å². The van der Waals surface area contributed by atoms with Crippen molar-refractivity contribution in [3.8, 4) is 0 Å². The Morgan fingerprint density at radius 1 is 1.47 bits per heavy atom. The topological polar surface area (TPSA) is 55.8 Å². The van der Waals surface area contributed by atoms with Crippen LogP contribution in [-0.2, 0) is 19.1 Å². The summed E-state index contributed by atoms with van der Waals surface area (Å²) in [6.07, 6.45) is 1.01. The molecule has 0 bridgehead atoms. The van der Waals surface area contributed by atoms with E-state index in [1.54, 1.807) is 4.90 Å². The number of ether oxygens (including phenoxy) is 2. The molecule has 0 aromatic rings. The lowest BCUT2D eigenvalue weighted by Crippen LogP contribution is -2.44. The van der Waals surface area contributed by atoms with E-state index >= 15 is 0 Å². The van der Waals surface area contributed by atoms with Gasteiger partial charge in [-0.05, 0) is 13.3 Å². The molecule has 1 unspecified atom stereocenters. The quantitative estimate of drug-likeness (QED) is 0.644. The van der Waals surface area contributed by atoms with Crippen LogP contribution in [0.15, 0.2) is 0 Å². The second-order valence-corrected chi connectivity index (χ2v) is 3.49. The number of nitrogens with zero attached hydrogens (tertiary/aromatic N) is 1. The number of esters is 1. The van der Waals surface area contributed by atoms with Crippen molar-refractivity contribution in [1.82, 2.24) is 4.90 Å². The summed E-state index contributed by atoms with van der Waals surface area (Å²) in [7, 11) is 1.32. The van der Waals surface area contributed by atoms with Crippen molar-refractivity contribution >= 4 is 11.9 Å². The first-order valence-corrected chi connectivity index (χ1v) is 5.13. The molecule has 86 valence electrons. The van der Waals surface area contributed by atoms with Crippen LogP contribution in [0, 0.1) is 0 Å². The lowest BCUT2D eigenvalue weighted by Gasteiger charge is -2.33. The van der Waals surface area contributed by atoms with Gasteiger partial charge in [-0.3, -0.25) is 9.59 Å². The highest BCUT2D eigenvalue weighted by molar-refractivity contribution is 5.81. The third kappa shape index (κ3) is 3.51. The van der Waals surface area contributed by atoms with Gasteiger partial charge in [-0.25, -0.2) is 0 Å². The second-order valence-electron chi connectivity index (χ2n) is 3.49. The zero-order valence-corrected chi connectivity index (χ0v) is 9.19. The molecule has 1 rings (SSSR count). The van der Waals surface area contributed by atoms with Crippen LogP contribution >= 0.6 is 0 Å². The molecule has 0 aliphatic carbocycles. The van der Waals surface area contributed by atoms with Crippen LogP contribution < -0.4 is 0 Å². The molecule has 0 spiro atoms. The number of hydrogen-bond donors (Lipinski definition) is 0. The summed E-state index contributed by atoms with van der Waals surface area (Å²) in [5, 5.41) is 0. The first-order chi connectivity index (χ1) is 7.15. The number of carbonyl (C=O) groups is 2. The Kier molecular flexibility index (Phi) is 4.55. The number of amides is 1.